The number of amides is 1. The van der Waals surface area contributed by atoms with Gasteiger partial charge in [-0.25, -0.2) is 4.79 Å². The molecule has 0 fully saturated rings. The maximum Gasteiger partial charge on any atom is 0.328 e. The first-order valence-corrected chi connectivity index (χ1v) is 7.62. The van der Waals surface area contributed by atoms with Crippen LogP contribution in [0.15, 0.2) is 28.9 Å². The second-order valence-electron chi connectivity index (χ2n) is 5.54. The predicted molar refractivity (Wildman–Crippen MR) is 84.6 cm³/mol. The molecule has 1 unspecified atom stereocenters. The molecule has 0 saturated heterocycles. The Labute approximate surface area is 139 Å². The summed E-state index contributed by atoms with van der Waals surface area (Å²) in [7, 11) is 1.29. The Kier molecular flexibility index (Phi) is 6.00. The molecule has 2 aromatic rings. The van der Waals surface area contributed by atoms with Gasteiger partial charge in [0.2, 0.25) is 17.6 Å². The molecule has 0 aromatic carbocycles. The molecule has 1 amide bonds. The summed E-state index contributed by atoms with van der Waals surface area (Å²) in [5.74, 6) is -0.101. The molecule has 128 valence electrons. The Morgan fingerprint density at radius 3 is 2.75 bits per heavy atom. The SMILES string of the molecule is COC(=O)C(NC(=O)CCc1nc(-c2ccccn2)no1)C(C)C. The zero-order chi connectivity index (χ0) is 17.5. The molecule has 8 nitrogen and oxygen atoms in total. The third-order valence-electron chi connectivity index (χ3n) is 3.37. The van der Waals surface area contributed by atoms with E-state index in [1.807, 2.05) is 19.9 Å². The van der Waals surface area contributed by atoms with Crippen molar-refractivity contribution >= 4 is 11.9 Å². The number of methoxy groups -OCH3 is 1. The highest BCUT2D eigenvalue weighted by Crippen LogP contribution is 2.13. The fourth-order valence-electron chi connectivity index (χ4n) is 2.05. The van der Waals surface area contributed by atoms with Gasteiger partial charge in [-0.1, -0.05) is 25.1 Å². The Balaban J connectivity index is 1.90. The summed E-state index contributed by atoms with van der Waals surface area (Å²) in [6.45, 7) is 3.66. The number of nitrogens with zero attached hydrogens (tertiary/aromatic N) is 3. The summed E-state index contributed by atoms with van der Waals surface area (Å²) >= 11 is 0. The molecule has 8 heteroatoms. The number of nitrogens with one attached hydrogen (secondary N) is 1. The van der Waals surface area contributed by atoms with Gasteiger partial charge >= 0.3 is 5.97 Å². The average molecular weight is 332 g/mol. The second kappa shape index (κ2) is 8.19. The van der Waals surface area contributed by atoms with Crippen molar-refractivity contribution < 1.29 is 18.8 Å². The molecule has 0 aliphatic heterocycles. The lowest BCUT2D eigenvalue weighted by molar-refractivity contribution is -0.146. The van der Waals surface area contributed by atoms with E-state index in [2.05, 4.69) is 25.2 Å². The summed E-state index contributed by atoms with van der Waals surface area (Å²) in [5, 5.41) is 6.50. The lowest BCUT2D eigenvalue weighted by Crippen LogP contribution is -2.45. The molecule has 0 bridgehead atoms. The Hall–Kier alpha value is -2.77. The number of pyridine rings is 1. The van der Waals surface area contributed by atoms with Crippen LogP contribution in [0.2, 0.25) is 0 Å². The second-order valence-corrected chi connectivity index (χ2v) is 5.54. The minimum Gasteiger partial charge on any atom is -0.467 e. The molecule has 2 heterocycles. The van der Waals surface area contributed by atoms with Gasteiger partial charge in [-0.2, -0.15) is 4.98 Å². The van der Waals surface area contributed by atoms with Crippen LogP contribution in [0.25, 0.3) is 11.5 Å². The van der Waals surface area contributed by atoms with Crippen LogP contribution in [0.4, 0.5) is 0 Å². The third-order valence-corrected chi connectivity index (χ3v) is 3.37. The van der Waals surface area contributed by atoms with E-state index in [0.717, 1.165) is 0 Å². The molecule has 0 spiro atoms. The lowest BCUT2D eigenvalue weighted by Gasteiger charge is -2.19. The van der Waals surface area contributed by atoms with E-state index in [1.165, 1.54) is 7.11 Å². The average Bonchev–Trinajstić information content (AvgIpc) is 3.06. The van der Waals surface area contributed by atoms with Gasteiger partial charge in [0.25, 0.3) is 0 Å². The van der Waals surface area contributed by atoms with E-state index in [-0.39, 0.29) is 24.7 Å². The molecule has 2 aromatic heterocycles. The molecule has 0 aliphatic carbocycles. The van der Waals surface area contributed by atoms with Gasteiger partial charge in [0, 0.05) is 19.0 Å². The summed E-state index contributed by atoms with van der Waals surface area (Å²) < 4.78 is 9.81. The summed E-state index contributed by atoms with van der Waals surface area (Å²) in [5.41, 5.74) is 0.600. The number of hydrogen-bond acceptors (Lipinski definition) is 7. The van der Waals surface area contributed by atoms with Gasteiger partial charge in [-0.05, 0) is 18.1 Å². The van der Waals surface area contributed by atoms with Crippen LogP contribution in [0.1, 0.15) is 26.2 Å². The Morgan fingerprint density at radius 1 is 1.33 bits per heavy atom. The fourth-order valence-corrected chi connectivity index (χ4v) is 2.05. The highest BCUT2D eigenvalue weighted by molar-refractivity contribution is 5.84. The number of rotatable bonds is 7. The molecule has 2 rings (SSSR count). The van der Waals surface area contributed by atoms with Gasteiger partial charge in [0.05, 0.1) is 7.11 Å². The summed E-state index contributed by atoms with van der Waals surface area (Å²) in [4.78, 5) is 32.0. The van der Waals surface area contributed by atoms with Crippen LogP contribution in [0, 0.1) is 5.92 Å². The molecule has 0 aliphatic rings. The minimum absolute atomic E-state index is 0.0689. The first-order chi connectivity index (χ1) is 11.5. The van der Waals surface area contributed by atoms with Crippen LogP contribution in [0.3, 0.4) is 0 Å². The van der Waals surface area contributed by atoms with Gasteiger partial charge in [0.1, 0.15) is 11.7 Å². The first-order valence-electron chi connectivity index (χ1n) is 7.62. The number of hydrogen-bond donors (Lipinski definition) is 1. The van der Waals surface area contributed by atoms with Crippen molar-refractivity contribution in [2.45, 2.75) is 32.7 Å². The molecule has 0 saturated carbocycles. The highest BCUT2D eigenvalue weighted by atomic mass is 16.5. The number of carbonyl (C=O) groups is 2. The zero-order valence-electron chi connectivity index (χ0n) is 13.9. The maximum absolute atomic E-state index is 12.0. The lowest BCUT2D eigenvalue weighted by atomic mass is 10.0. The topological polar surface area (TPSA) is 107 Å². The van der Waals surface area contributed by atoms with Crippen molar-refractivity contribution in [3.8, 4) is 11.5 Å². The van der Waals surface area contributed by atoms with Crippen LogP contribution < -0.4 is 5.32 Å². The summed E-state index contributed by atoms with van der Waals surface area (Å²) in [6.07, 6.45) is 2.04. The van der Waals surface area contributed by atoms with Crippen molar-refractivity contribution in [1.29, 1.82) is 0 Å². The van der Waals surface area contributed by atoms with Gasteiger partial charge in [0.15, 0.2) is 0 Å². The Morgan fingerprint density at radius 2 is 2.12 bits per heavy atom. The summed E-state index contributed by atoms with van der Waals surface area (Å²) in [6, 6.07) is 4.71. The monoisotopic (exact) mass is 332 g/mol. The van der Waals surface area contributed by atoms with Gasteiger partial charge in [-0.3, -0.25) is 9.78 Å². The van der Waals surface area contributed by atoms with Gasteiger partial charge < -0.3 is 14.6 Å². The van der Waals surface area contributed by atoms with Gasteiger partial charge in [-0.15, -0.1) is 0 Å². The van der Waals surface area contributed by atoms with E-state index in [1.54, 1.807) is 18.3 Å². The minimum atomic E-state index is -0.672. The van der Waals surface area contributed by atoms with Crippen molar-refractivity contribution in [1.82, 2.24) is 20.4 Å². The smallest absolute Gasteiger partial charge is 0.328 e. The van der Waals surface area contributed by atoms with E-state index in [9.17, 15) is 9.59 Å². The van der Waals surface area contributed by atoms with E-state index < -0.39 is 12.0 Å². The maximum atomic E-state index is 12.0. The number of carbonyl (C=O) groups excluding carboxylic acids is 2. The van der Waals surface area contributed by atoms with Crippen LogP contribution in [0.5, 0.6) is 0 Å². The standard InChI is InChI=1S/C16H20N4O4/c1-10(2)14(16(22)23-3)18-12(21)7-8-13-19-15(20-24-13)11-6-4-5-9-17-11/h4-6,9-10,14H,7-8H2,1-3H3,(H,18,21). The van der Waals surface area contributed by atoms with E-state index in [0.29, 0.717) is 17.4 Å². The van der Waals surface area contributed by atoms with Crippen molar-refractivity contribution in [2.75, 3.05) is 7.11 Å². The zero-order valence-corrected chi connectivity index (χ0v) is 13.9. The van der Waals surface area contributed by atoms with Crippen molar-refractivity contribution in [3.05, 3.63) is 30.3 Å². The molecule has 1 N–H and O–H groups in total. The fraction of sp³-hybridized carbons (Fsp3) is 0.438. The number of ether oxygens (including phenoxy) is 1. The van der Waals surface area contributed by atoms with Crippen LogP contribution in [-0.2, 0) is 20.7 Å². The highest BCUT2D eigenvalue weighted by Gasteiger charge is 2.24. The van der Waals surface area contributed by atoms with E-state index >= 15 is 0 Å². The quantitative estimate of drug-likeness (QED) is 0.763. The molecule has 24 heavy (non-hydrogen) atoms. The number of esters is 1. The van der Waals surface area contributed by atoms with Crippen LogP contribution >= 0.6 is 0 Å². The number of aryl methyl sites for hydroxylation is 1. The predicted octanol–water partition coefficient (Wildman–Crippen LogP) is 1.38. The molecular formula is C16H20N4O4. The first kappa shape index (κ1) is 17.6. The normalized spacial score (nSPS) is 12.0. The van der Waals surface area contributed by atoms with Crippen LogP contribution in [-0.4, -0.2) is 40.2 Å². The molecule has 0 radical (unpaired) electrons. The Bertz CT molecular complexity index is 684. The number of aromatic nitrogens is 3. The van der Waals surface area contributed by atoms with Crippen molar-refractivity contribution in [3.63, 3.8) is 0 Å². The van der Waals surface area contributed by atoms with Crippen molar-refractivity contribution in [2.24, 2.45) is 5.92 Å². The largest absolute Gasteiger partial charge is 0.467 e. The van der Waals surface area contributed by atoms with E-state index in [4.69, 9.17) is 4.52 Å². The molecular weight excluding hydrogens is 312 g/mol. The molecule has 1 atom stereocenters. The third kappa shape index (κ3) is 4.61.